The molecule has 0 spiro atoms. The molecule has 2 aromatic rings. The Balaban J connectivity index is 1.26. The third-order valence-electron chi connectivity index (χ3n) is 8.30. The Morgan fingerprint density at radius 2 is 1.73 bits per heavy atom. The molecule has 2 aliphatic heterocycles. The molecule has 1 amide bonds. The highest BCUT2D eigenvalue weighted by Crippen LogP contribution is 2.42. The molecule has 0 unspecified atom stereocenters. The zero-order valence-electron chi connectivity index (χ0n) is 20.4. The van der Waals surface area contributed by atoms with Crippen LogP contribution in [0.2, 0.25) is 0 Å². The average molecular weight is 450 g/mol. The molecule has 0 radical (unpaired) electrons. The van der Waals surface area contributed by atoms with Gasteiger partial charge in [-0.05, 0) is 57.4 Å². The molecule has 1 saturated carbocycles. The van der Waals surface area contributed by atoms with E-state index in [0.29, 0.717) is 24.0 Å². The van der Waals surface area contributed by atoms with E-state index >= 15 is 0 Å². The second kappa shape index (κ2) is 9.57. The predicted molar refractivity (Wildman–Crippen MR) is 130 cm³/mol. The van der Waals surface area contributed by atoms with E-state index in [2.05, 4.69) is 76.1 Å². The maximum absolute atomic E-state index is 12.8. The number of aryl methyl sites for hydroxylation is 1. The van der Waals surface area contributed by atoms with Crippen LogP contribution in [0.4, 0.5) is 0 Å². The lowest BCUT2D eigenvalue weighted by atomic mass is 9.84. The van der Waals surface area contributed by atoms with Gasteiger partial charge in [0.25, 0.3) is 0 Å². The van der Waals surface area contributed by atoms with E-state index in [4.69, 9.17) is 0 Å². The first-order valence-corrected chi connectivity index (χ1v) is 13.0. The van der Waals surface area contributed by atoms with Crippen molar-refractivity contribution in [3.8, 4) is 0 Å². The van der Waals surface area contributed by atoms with Gasteiger partial charge in [-0.1, -0.05) is 50.6 Å². The fourth-order valence-corrected chi connectivity index (χ4v) is 6.30. The number of amides is 1. The second-order valence-corrected chi connectivity index (χ2v) is 10.8. The monoisotopic (exact) mass is 449 g/mol. The largest absolute Gasteiger partial charge is 0.349 e. The van der Waals surface area contributed by atoms with Crippen LogP contribution in [-0.2, 0) is 4.79 Å². The van der Waals surface area contributed by atoms with Crippen LogP contribution >= 0.6 is 0 Å². The molecule has 178 valence electrons. The third kappa shape index (κ3) is 4.59. The summed E-state index contributed by atoms with van der Waals surface area (Å²) in [6, 6.07) is 12.4. The quantitative estimate of drug-likeness (QED) is 0.621. The van der Waals surface area contributed by atoms with Crippen molar-refractivity contribution in [2.24, 2.45) is 5.92 Å². The maximum atomic E-state index is 12.8. The normalized spacial score (nSPS) is 26.4. The molecule has 3 heterocycles. The number of fused-ring (bicyclic) bond motifs is 2. The molecule has 6 nitrogen and oxygen atoms in total. The van der Waals surface area contributed by atoms with E-state index in [1.165, 1.54) is 37.7 Å². The number of carbonyl (C=O) groups excluding carboxylic acids is 1. The highest BCUT2D eigenvalue weighted by Gasteiger charge is 2.42. The van der Waals surface area contributed by atoms with Crippen LogP contribution in [0.3, 0.4) is 0 Å². The van der Waals surface area contributed by atoms with Crippen molar-refractivity contribution in [1.29, 1.82) is 0 Å². The van der Waals surface area contributed by atoms with Crippen molar-refractivity contribution in [2.45, 2.75) is 102 Å². The Bertz CT molecular complexity index is 937. The number of nitrogens with zero attached hydrogens (tertiary/aromatic N) is 4. The number of nitrogens with one attached hydrogen (secondary N) is 1. The Labute approximate surface area is 198 Å². The molecule has 3 fully saturated rings. The average Bonchev–Trinajstić information content (AvgIpc) is 3.26. The van der Waals surface area contributed by atoms with Gasteiger partial charge in [0.2, 0.25) is 5.91 Å². The molecule has 2 saturated heterocycles. The maximum Gasteiger partial charge on any atom is 0.223 e. The number of carbonyl (C=O) groups is 1. The first-order chi connectivity index (χ1) is 16.0. The van der Waals surface area contributed by atoms with E-state index in [0.717, 1.165) is 37.5 Å². The number of rotatable bonds is 8. The van der Waals surface area contributed by atoms with E-state index in [1.54, 1.807) is 0 Å². The highest BCUT2D eigenvalue weighted by atomic mass is 16.2. The number of benzene rings is 1. The molecule has 33 heavy (non-hydrogen) atoms. The van der Waals surface area contributed by atoms with Gasteiger partial charge in [0.1, 0.15) is 11.6 Å². The minimum absolute atomic E-state index is 0.101. The van der Waals surface area contributed by atoms with Crippen molar-refractivity contribution < 1.29 is 4.79 Å². The van der Waals surface area contributed by atoms with Gasteiger partial charge >= 0.3 is 0 Å². The van der Waals surface area contributed by atoms with Crippen LogP contribution in [0, 0.1) is 12.8 Å². The lowest BCUT2D eigenvalue weighted by molar-refractivity contribution is -0.128. The van der Waals surface area contributed by atoms with Gasteiger partial charge in [0, 0.05) is 36.5 Å². The van der Waals surface area contributed by atoms with Gasteiger partial charge < -0.3 is 9.88 Å². The molecule has 1 aromatic heterocycles. The Morgan fingerprint density at radius 1 is 1.03 bits per heavy atom. The van der Waals surface area contributed by atoms with Crippen LogP contribution in [0.15, 0.2) is 30.3 Å². The molecule has 2 bridgehead atoms. The molecule has 6 heteroatoms. The van der Waals surface area contributed by atoms with Crippen molar-refractivity contribution in [2.75, 3.05) is 6.54 Å². The second-order valence-electron chi connectivity index (χ2n) is 10.8. The molecule has 3 aliphatic rings. The van der Waals surface area contributed by atoms with Gasteiger partial charge in [0.15, 0.2) is 0 Å². The smallest absolute Gasteiger partial charge is 0.223 e. The topological polar surface area (TPSA) is 63.1 Å². The minimum Gasteiger partial charge on any atom is -0.349 e. The zero-order valence-corrected chi connectivity index (χ0v) is 20.4. The number of hydrogen-bond acceptors (Lipinski definition) is 4. The molecule has 3 atom stereocenters. The summed E-state index contributed by atoms with van der Waals surface area (Å²) < 4.78 is 2.43. The van der Waals surface area contributed by atoms with E-state index in [1.807, 2.05) is 0 Å². The predicted octanol–water partition coefficient (Wildman–Crippen LogP) is 4.93. The Morgan fingerprint density at radius 3 is 2.33 bits per heavy atom. The molecular weight excluding hydrogens is 410 g/mol. The van der Waals surface area contributed by atoms with Crippen molar-refractivity contribution in [3.63, 3.8) is 0 Å². The Hall–Kier alpha value is -2.21. The van der Waals surface area contributed by atoms with Crippen molar-refractivity contribution in [1.82, 2.24) is 25.0 Å². The summed E-state index contributed by atoms with van der Waals surface area (Å²) in [4.78, 5) is 15.5. The summed E-state index contributed by atoms with van der Waals surface area (Å²) in [6.45, 7) is 7.57. The molecule has 1 aromatic carbocycles. The highest BCUT2D eigenvalue weighted by molar-refractivity contribution is 5.79. The first kappa shape index (κ1) is 22.6. The SMILES string of the molecule is Cc1nnc(C(C)C)n1C1C[C@@H]2CC[C@@H](C1)N2CC[C@H](NC(=O)C1CCC1)c1ccccc1. The fourth-order valence-electron chi connectivity index (χ4n) is 6.30. The number of piperidine rings is 1. The van der Waals surface area contributed by atoms with Crippen LogP contribution < -0.4 is 5.32 Å². The summed E-state index contributed by atoms with van der Waals surface area (Å²) in [5, 5.41) is 12.3. The molecule has 1 N–H and O–H groups in total. The van der Waals surface area contributed by atoms with E-state index in [9.17, 15) is 4.79 Å². The summed E-state index contributed by atoms with van der Waals surface area (Å²) in [6.07, 6.45) is 9.18. The lowest BCUT2D eigenvalue weighted by Gasteiger charge is -2.41. The zero-order chi connectivity index (χ0) is 22.9. The van der Waals surface area contributed by atoms with Crippen LogP contribution in [0.5, 0.6) is 0 Å². The lowest BCUT2D eigenvalue weighted by Crippen LogP contribution is -2.45. The van der Waals surface area contributed by atoms with Crippen molar-refractivity contribution >= 4 is 5.91 Å². The molecular formula is C27H39N5O. The summed E-state index contributed by atoms with van der Waals surface area (Å²) >= 11 is 0. The number of aromatic nitrogens is 3. The van der Waals surface area contributed by atoms with E-state index in [-0.39, 0.29) is 17.9 Å². The van der Waals surface area contributed by atoms with Gasteiger partial charge in [-0.2, -0.15) is 0 Å². The van der Waals surface area contributed by atoms with Crippen LogP contribution in [0.25, 0.3) is 0 Å². The van der Waals surface area contributed by atoms with Crippen LogP contribution in [-0.4, -0.2) is 44.2 Å². The summed E-state index contributed by atoms with van der Waals surface area (Å²) in [5.74, 6) is 3.06. The molecule has 1 aliphatic carbocycles. The summed E-state index contributed by atoms with van der Waals surface area (Å²) in [7, 11) is 0. The van der Waals surface area contributed by atoms with Gasteiger partial charge in [-0.25, -0.2) is 0 Å². The minimum atomic E-state index is 0.101. The van der Waals surface area contributed by atoms with Gasteiger partial charge in [0.05, 0.1) is 6.04 Å². The number of hydrogen-bond donors (Lipinski definition) is 1. The van der Waals surface area contributed by atoms with E-state index < -0.39 is 0 Å². The van der Waals surface area contributed by atoms with Crippen molar-refractivity contribution in [3.05, 3.63) is 47.5 Å². The van der Waals surface area contributed by atoms with Crippen LogP contribution in [0.1, 0.15) is 100 Å². The Kier molecular flexibility index (Phi) is 6.55. The molecule has 5 rings (SSSR count). The van der Waals surface area contributed by atoms with Gasteiger partial charge in [-0.3, -0.25) is 9.69 Å². The summed E-state index contributed by atoms with van der Waals surface area (Å²) in [5.41, 5.74) is 1.23. The van der Waals surface area contributed by atoms with Gasteiger partial charge in [-0.15, -0.1) is 10.2 Å². The standard InChI is InChI=1S/C27H39N5O/c1-18(2)26-30-29-19(3)32(26)24-16-22-12-13-23(17-24)31(22)15-14-25(20-8-5-4-6-9-20)28-27(33)21-10-7-11-21/h4-6,8-9,18,21-25H,7,10-17H2,1-3H3,(H,28,33)/t22-,23-,25-/m0/s1. The fraction of sp³-hybridized carbons (Fsp3) is 0.667. The third-order valence-corrected chi connectivity index (χ3v) is 8.30. The first-order valence-electron chi connectivity index (χ1n) is 13.0.